The average Bonchev–Trinajstić information content (AvgIpc) is 2.29. The number of hydrogen-bond acceptors (Lipinski definition) is 4. The first-order valence-electron chi connectivity index (χ1n) is 5.49. The zero-order chi connectivity index (χ0) is 12.3. The van der Waals surface area contributed by atoms with Crippen molar-refractivity contribution in [2.45, 2.75) is 13.5 Å². The predicted octanol–water partition coefficient (Wildman–Crippen LogP) is 2.00. The Labute approximate surface area is 101 Å². The number of rotatable bonds is 3. The van der Waals surface area contributed by atoms with Crippen LogP contribution in [0.5, 0.6) is 0 Å². The van der Waals surface area contributed by atoms with Gasteiger partial charge in [-0.3, -0.25) is 0 Å². The Morgan fingerprint density at radius 1 is 1.24 bits per heavy atom. The van der Waals surface area contributed by atoms with E-state index in [0.717, 1.165) is 29.3 Å². The van der Waals surface area contributed by atoms with Crippen LogP contribution in [0, 0.1) is 6.92 Å². The Morgan fingerprint density at radius 2 is 1.94 bits per heavy atom. The highest BCUT2D eigenvalue weighted by atomic mass is 15.2. The van der Waals surface area contributed by atoms with Crippen molar-refractivity contribution in [2.75, 3.05) is 17.7 Å². The standard InChI is InChI=1S/C13H16N4/c1-10-7-15-13(16-8-10)17(2)9-11-4-3-5-12(14)6-11/h3-8H,9,14H2,1-2H3. The highest BCUT2D eigenvalue weighted by molar-refractivity contribution is 5.42. The van der Waals surface area contributed by atoms with Crippen LogP contribution >= 0.6 is 0 Å². The maximum Gasteiger partial charge on any atom is 0.225 e. The summed E-state index contributed by atoms with van der Waals surface area (Å²) >= 11 is 0. The van der Waals surface area contributed by atoms with Gasteiger partial charge in [0.1, 0.15) is 0 Å². The second-order valence-electron chi connectivity index (χ2n) is 4.16. The lowest BCUT2D eigenvalue weighted by Crippen LogP contribution is -2.19. The van der Waals surface area contributed by atoms with Crippen LogP contribution in [0.2, 0.25) is 0 Å². The summed E-state index contributed by atoms with van der Waals surface area (Å²) in [5.41, 5.74) is 8.73. The van der Waals surface area contributed by atoms with Gasteiger partial charge in [-0.25, -0.2) is 9.97 Å². The quantitative estimate of drug-likeness (QED) is 0.816. The second-order valence-corrected chi connectivity index (χ2v) is 4.16. The number of anilines is 2. The summed E-state index contributed by atoms with van der Waals surface area (Å²) in [6.45, 7) is 2.72. The van der Waals surface area contributed by atoms with E-state index in [2.05, 4.69) is 9.97 Å². The number of benzene rings is 1. The van der Waals surface area contributed by atoms with Crippen LogP contribution in [0.3, 0.4) is 0 Å². The van der Waals surface area contributed by atoms with Gasteiger partial charge < -0.3 is 10.6 Å². The van der Waals surface area contributed by atoms with Gasteiger partial charge in [0.05, 0.1) is 0 Å². The molecule has 0 saturated carbocycles. The summed E-state index contributed by atoms with van der Waals surface area (Å²) in [5, 5.41) is 0. The lowest BCUT2D eigenvalue weighted by molar-refractivity contribution is 0.864. The van der Waals surface area contributed by atoms with Crippen molar-refractivity contribution >= 4 is 11.6 Å². The first kappa shape index (κ1) is 11.4. The monoisotopic (exact) mass is 228 g/mol. The van der Waals surface area contributed by atoms with Crippen LogP contribution in [-0.4, -0.2) is 17.0 Å². The number of nitrogens with two attached hydrogens (primary N) is 1. The molecule has 0 aliphatic carbocycles. The molecule has 1 aromatic heterocycles. The van der Waals surface area contributed by atoms with Crippen molar-refractivity contribution in [1.82, 2.24) is 9.97 Å². The fourth-order valence-corrected chi connectivity index (χ4v) is 1.62. The van der Waals surface area contributed by atoms with Crippen molar-refractivity contribution in [3.8, 4) is 0 Å². The van der Waals surface area contributed by atoms with Gasteiger partial charge in [0.2, 0.25) is 5.95 Å². The molecule has 0 unspecified atom stereocenters. The molecule has 1 heterocycles. The minimum absolute atomic E-state index is 0.720. The van der Waals surface area contributed by atoms with Crippen LogP contribution in [0.25, 0.3) is 0 Å². The molecule has 0 amide bonds. The molecule has 2 aromatic rings. The minimum Gasteiger partial charge on any atom is -0.399 e. The molecule has 4 nitrogen and oxygen atoms in total. The molecule has 0 bridgehead atoms. The number of aromatic nitrogens is 2. The van der Waals surface area contributed by atoms with E-state index >= 15 is 0 Å². The Kier molecular flexibility index (Phi) is 3.23. The molecule has 2 rings (SSSR count). The average molecular weight is 228 g/mol. The van der Waals surface area contributed by atoms with Crippen LogP contribution in [0.4, 0.5) is 11.6 Å². The number of nitrogens with zero attached hydrogens (tertiary/aromatic N) is 3. The minimum atomic E-state index is 0.720. The smallest absolute Gasteiger partial charge is 0.225 e. The zero-order valence-corrected chi connectivity index (χ0v) is 10.1. The fraction of sp³-hybridized carbons (Fsp3) is 0.231. The lowest BCUT2D eigenvalue weighted by Gasteiger charge is -2.17. The van der Waals surface area contributed by atoms with Crippen molar-refractivity contribution in [2.24, 2.45) is 0 Å². The van der Waals surface area contributed by atoms with Gasteiger partial charge in [-0.2, -0.15) is 0 Å². The third kappa shape index (κ3) is 2.93. The van der Waals surface area contributed by atoms with Gasteiger partial charge >= 0.3 is 0 Å². The van der Waals surface area contributed by atoms with Crippen LogP contribution < -0.4 is 10.6 Å². The molecular weight excluding hydrogens is 212 g/mol. The molecule has 17 heavy (non-hydrogen) atoms. The molecular formula is C13H16N4. The highest BCUT2D eigenvalue weighted by Gasteiger charge is 2.04. The molecule has 0 aliphatic rings. The van der Waals surface area contributed by atoms with Gasteiger partial charge in [0.25, 0.3) is 0 Å². The van der Waals surface area contributed by atoms with E-state index in [1.165, 1.54) is 0 Å². The Balaban J connectivity index is 2.11. The van der Waals surface area contributed by atoms with Gasteiger partial charge in [-0.05, 0) is 30.2 Å². The topological polar surface area (TPSA) is 55.0 Å². The maximum absolute atomic E-state index is 5.74. The van der Waals surface area contributed by atoms with Crippen molar-refractivity contribution in [3.05, 3.63) is 47.8 Å². The molecule has 1 aromatic carbocycles. The summed E-state index contributed by atoms with van der Waals surface area (Å²) < 4.78 is 0. The van der Waals surface area contributed by atoms with E-state index in [-0.39, 0.29) is 0 Å². The van der Waals surface area contributed by atoms with Gasteiger partial charge in [0, 0.05) is 31.7 Å². The van der Waals surface area contributed by atoms with Crippen molar-refractivity contribution in [1.29, 1.82) is 0 Å². The van der Waals surface area contributed by atoms with Gasteiger partial charge in [-0.15, -0.1) is 0 Å². The van der Waals surface area contributed by atoms with Crippen LogP contribution in [-0.2, 0) is 6.54 Å². The summed E-state index contributed by atoms with van der Waals surface area (Å²) in [7, 11) is 1.97. The number of aryl methyl sites for hydroxylation is 1. The molecule has 0 aliphatic heterocycles. The fourth-order valence-electron chi connectivity index (χ4n) is 1.62. The van der Waals surface area contributed by atoms with Crippen molar-refractivity contribution < 1.29 is 0 Å². The molecule has 88 valence electrons. The number of hydrogen-bond donors (Lipinski definition) is 1. The normalized spacial score (nSPS) is 10.2. The molecule has 0 atom stereocenters. The van der Waals surface area contributed by atoms with E-state index in [4.69, 9.17) is 5.73 Å². The second kappa shape index (κ2) is 4.82. The third-order valence-electron chi connectivity index (χ3n) is 2.48. The van der Waals surface area contributed by atoms with E-state index < -0.39 is 0 Å². The zero-order valence-electron chi connectivity index (χ0n) is 10.1. The molecule has 0 fully saturated rings. The summed E-state index contributed by atoms with van der Waals surface area (Å²) in [6, 6.07) is 7.84. The summed E-state index contributed by atoms with van der Waals surface area (Å²) in [4.78, 5) is 10.6. The highest BCUT2D eigenvalue weighted by Crippen LogP contribution is 2.12. The van der Waals surface area contributed by atoms with E-state index in [1.807, 2.05) is 55.5 Å². The summed E-state index contributed by atoms with van der Waals surface area (Å²) in [5.74, 6) is 0.720. The predicted molar refractivity (Wildman–Crippen MR) is 69.7 cm³/mol. The summed E-state index contributed by atoms with van der Waals surface area (Å²) in [6.07, 6.45) is 3.64. The van der Waals surface area contributed by atoms with Crippen molar-refractivity contribution in [3.63, 3.8) is 0 Å². The maximum atomic E-state index is 5.74. The van der Waals surface area contributed by atoms with Gasteiger partial charge in [0.15, 0.2) is 0 Å². The van der Waals surface area contributed by atoms with E-state index in [9.17, 15) is 0 Å². The molecule has 0 saturated heterocycles. The Bertz CT molecular complexity index is 493. The first-order valence-corrected chi connectivity index (χ1v) is 5.49. The lowest BCUT2D eigenvalue weighted by atomic mass is 10.2. The Hall–Kier alpha value is -2.10. The van der Waals surface area contributed by atoms with Crippen LogP contribution in [0.15, 0.2) is 36.7 Å². The van der Waals surface area contributed by atoms with Crippen LogP contribution in [0.1, 0.15) is 11.1 Å². The molecule has 2 N–H and O–H groups in total. The molecule has 0 radical (unpaired) electrons. The van der Waals surface area contributed by atoms with E-state index in [1.54, 1.807) is 0 Å². The largest absolute Gasteiger partial charge is 0.399 e. The SMILES string of the molecule is Cc1cnc(N(C)Cc2cccc(N)c2)nc1. The first-order chi connectivity index (χ1) is 8.15. The van der Waals surface area contributed by atoms with Gasteiger partial charge in [-0.1, -0.05) is 12.1 Å². The molecule has 4 heteroatoms. The van der Waals surface area contributed by atoms with E-state index in [0.29, 0.717) is 0 Å². The third-order valence-corrected chi connectivity index (χ3v) is 2.48. The number of nitrogen functional groups attached to an aromatic ring is 1. The Morgan fingerprint density at radius 3 is 2.59 bits per heavy atom. The molecule has 0 spiro atoms.